The second-order valence-corrected chi connectivity index (χ2v) is 8.50. The number of hydrogen-bond acceptors (Lipinski definition) is 4. The minimum Gasteiger partial charge on any atom is -0.481 e. The van der Waals surface area contributed by atoms with E-state index in [0.717, 1.165) is 12.8 Å². The molecule has 0 aromatic heterocycles. The highest BCUT2D eigenvalue weighted by Crippen LogP contribution is 2.41. The van der Waals surface area contributed by atoms with Crippen molar-refractivity contribution in [3.63, 3.8) is 0 Å². The molecule has 5 atom stereocenters. The number of hydrogen-bond donors (Lipinski definition) is 2. The van der Waals surface area contributed by atoms with Gasteiger partial charge in [-0.25, -0.2) is 12.7 Å². The zero-order chi connectivity index (χ0) is 14.5. The van der Waals surface area contributed by atoms with E-state index < -0.39 is 33.3 Å². The van der Waals surface area contributed by atoms with Gasteiger partial charge < -0.3 is 10.2 Å². The van der Waals surface area contributed by atoms with E-state index in [1.165, 1.54) is 4.31 Å². The van der Waals surface area contributed by atoms with E-state index in [1.807, 2.05) is 0 Å². The first kappa shape index (κ1) is 14.3. The molecular weight excluding hydrogens is 282 g/mol. The molecule has 0 aromatic carbocycles. The van der Waals surface area contributed by atoms with E-state index in [4.69, 9.17) is 0 Å². The zero-order valence-corrected chi connectivity index (χ0v) is 12.1. The zero-order valence-electron chi connectivity index (χ0n) is 11.3. The van der Waals surface area contributed by atoms with Crippen LogP contribution in [0.25, 0.3) is 0 Å². The topological polar surface area (TPSA) is 94.9 Å². The number of aliphatic hydroxyl groups is 1. The third kappa shape index (κ3) is 2.16. The van der Waals surface area contributed by atoms with Gasteiger partial charge in [-0.15, -0.1) is 0 Å². The van der Waals surface area contributed by atoms with Crippen LogP contribution in [-0.4, -0.2) is 53.3 Å². The minimum absolute atomic E-state index is 0.0365. The highest BCUT2D eigenvalue weighted by Gasteiger charge is 2.50. The van der Waals surface area contributed by atoms with Crippen molar-refractivity contribution < 1.29 is 23.4 Å². The SMILES string of the molecule is O=C(O)C1CCCC1S(=O)(=O)N1CC2CCC(O)C2C1. The Hall–Kier alpha value is -0.660. The third-order valence-electron chi connectivity index (χ3n) is 5.30. The van der Waals surface area contributed by atoms with Gasteiger partial charge in [-0.1, -0.05) is 6.42 Å². The maximum atomic E-state index is 12.7. The molecule has 0 aromatic rings. The molecule has 3 aliphatic rings. The molecule has 0 radical (unpaired) electrons. The summed E-state index contributed by atoms with van der Waals surface area (Å²) in [6.45, 7) is 0.809. The van der Waals surface area contributed by atoms with Gasteiger partial charge >= 0.3 is 5.97 Å². The predicted molar refractivity (Wildman–Crippen MR) is 71.5 cm³/mol. The summed E-state index contributed by atoms with van der Waals surface area (Å²) in [6, 6.07) is 0. The Morgan fingerprint density at radius 1 is 1.10 bits per heavy atom. The van der Waals surface area contributed by atoms with Crippen LogP contribution in [0.5, 0.6) is 0 Å². The number of carboxylic acids is 1. The Labute approximate surface area is 118 Å². The number of sulfonamides is 1. The number of carboxylic acid groups (broad SMARTS) is 1. The van der Waals surface area contributed by atoms with E-state index in [9.17, 15) is 23.4 Å². The average Bonchev–Trinajstić information content (AvgIpc) is 3.06. The van der Waals surface area contributed by atoms with Gasteiger partial charge in [0.05, 0.1) is 17.3 Å². The van der Waals surface area contributed by atoms with Gasteiger partial charge in [0, 0.05) is 19.0 Å². The van der Waals surface area contributed by atoms with E-state index in [1.54, 1.807) is 0 Å². The van der Waals surface area contributed by atoms with Crippen LogP contribution in [0, 0.1) is 17.8 Å². The molecule has 6 nitrogen and oxygen atoms in total. The first-order chi connectivity index (χ1) is 9.41. The first-order valence-electron chi connectivity index (χ1n) is 7.31. The predicted octanol–water partition coefficient (Wildman–Crippen LogP) is 0.272. The molecular formula is C13H21NO5S. The molecule has 1 aliphatic heterocycles. The number of fused-ring (bicyclic) bond motifs is 1. The van der Waals surface area contributed by atoms with Gasteiger partial charge in [0.2, 0.25) is 10.0 Å². The van der Waals surface area contributed by atoms with Gasteiger partial charge in [0.1, 0.15) is 0 Å². The second kappa shape index (κ2) is 4.96. The monoisotopic (exact) mass is 303 g/mol. The average molecular weight is 303 g/mol. The highest BCUT2D eigenvalue weighted by atomic mass is 32.2. The van der Waals surface area contributed by atoms with Gasteiger partial charge in [-0.3, -0.25) is 4.79 Å². The van der Waals surface area contributed by atoms with Crippen LogP contribution in [0.4, 0.5) is 0 Å². The molecule has 7 heteroatoms. The number of aliphatic carboxylic acids is 1. The molecule has 114 valence electrons. The Balaban J connectivity index is 1.78. The molecule has 0 bridgehead atoms. The van der Waals surface area contributed by atoms with Crippen molar-refractivity contribution in [3.05, 3.63) is 0 Å². The van der Waals surface area contributed by atoms with Crippen molar-refractivity contribution in [2.75, 3.05) is 13.1 Å². The lowest BCUT2D eigenvalue weighted by atomic mass is 10.00. The summed E-state index contributed by atoms with van der Waals surface area (Å²) < 4.78 is 26.8. The van der Waals surface area contributed by atoms with Crippen molar-refractivity contribution in [1.29, 1.82) is 0 Å². The summed E-state index contributed by atoms with van der Waals surface area (Å²) in [5.74, 6) is -1.50. The molecule has 2 saturated carbocycles. The van der Waals surface area contributed by atoms with Crippen molar-refractivity contribution in [2.45, 2.75) is 43.5 Å². The summed E-state index contributed by atoms with van der Waals surface area (Å²) in [6.07, 6.45) is 2.76. The van der Waals surface area contributed by atoms with Crippen LogP contribution in [0.3, 0.4) is 0 Å². The van der Waals surface area contributed by atoms with Crippen LogP contribution < -0.4 is 0 Å². The van der Waals surface area contributed by atoms with E-state index in [-0.39, 0.29) is 11.8 Å². The normalized spacial score (nSPS) is 42.0. The Bertz CT molecular complexity index is 505. The molecule has 3 rings (SSSR count). The third-order valence-corrected chi connectivity index (χ3v) is 7.65. The molecule has 2 aliphatic carbocycles. The van der Waals surface area contributed by atoms with Crippen molar-refractivity contribution >= 4 is 16.0 Å². The van der Waals surface area contributed by atoms with Gasteiger partial charge in [-0.2, -0.15) is 0 Å². The second-order valence-electron chi connectivity index (χ2n) is 6.34. The fourth-order valence-corrected chi connectivity index (χ4v) is 6.45. The first-order valence-corrected chi connectivity index (χ1v) is 8.81. The molecule has 0 spiro atoms. The number of nitrogens with zero attached hydrogens (tertiary/aromatic N) is 1. The van der Waals surface area contributed by atoms with Crippen LogP contribution >= 0.6 is 0 Å². The van der Waals surface area contributed by atoms with Gasteiger partial charge in [-0.05, 0) is 31.6 Å². The Morgan fingerprint density at radius 2 is 1.85 bits per heavy atom. The molecule has 1 heterocycles. The minimum atomic E-state index is -3.56. The van der Waals surface area contributed by atoms with Crippen LogP contribution in [0.1, 0.15) is 32.1 Å². The van der Waals surface area contributed by atoms with E-state index >= 15 is 0 Å². The maximum absolute atomic E-state index is 12.7. The Morgan fingerprint density at radius 3 is 2.50 bits per heavy atom. The van der Waals surface area contributed by atoms with E-state index in [0.29, 0.717) is 32.4 Å². The lowest BCUT2D eigenvalue weighted by Gasteiger charge is -2.24. The summed E-state index contributed by atoms with van der Waals surface area (Å²) >= 11 is 0. The maximum Gasteiger partial charge on any atom is 0.307 e. The van der Waals surface area contributed by atoms with Crippen LogP contribution in [0.2, 0.25) is 0 Å². The van der Waals surface area contributed by atoms with Gasteiger partial charge in [0.15, 0.2) is 0 Å². The molecule has 5 unspecified atom stereocenters. The number of carbonyl (C=O) groups is 1. The smallest absolute Gasteiger partial charge is 0.307 e. The van der Waals surface area contributed by atoms with Gasteiger partial charge in [0.25, 0.3) is 0 Å². The standard InChI is InChI=1S/C13H21NO5S/c15-11-5-4-8-6-14(7-10(8)11)20(18,19)12-3-1-2-9(12)13(16)17/h8-12,15H,1-7H2,(H,16,17). The molecule has 20 heavy (non-hydrogen) atoms. The van der Waals surface area contributed by atoms with Crippen molar-refractivity contribution in [3.8, 4) is 0 Å². The quantitative estimate of drug-likeness (QED) is 0.780. The van der Waals surface area contributed by atoms with Crippen molar-refractivity contribution in [1.82, 2.24) is 4.31 Å². The molecule has 3 fully saturated rings. The number of rotatable bonds is 3. The highest BCUT2D eigenvalue weighted by molar-refractivity contribution is 7.89. The molecule has 2 N–H and O–H groups in total. The lowest BCUT2D eigenvalue weighted by Crippen LogP contribution is -2.42. The van der Waals surface area contributed by atoms with Crippen LogP contribution in [0.15, 0.2) is 0 Å². The largest absolute Gasteiger partial charge is 0.481 e. The van der Waals surface area contributed by atoms with Crippen LogP contribution in [-0.2, 0) is 14.8 Å². The Kier molecular flexibility index (Phi) is 3.54. The summed E-state index contributed by atoms with van der Waals surface area (Å²) in [5.41, 5.74) is 0. The van der Waals surface area contributed by atoms with E-state index in [2.05, 4.69) is 0 Å². The summed E-state index contributed by atoms with van der Waals surface area (Å²) in [4.78, 5) is 11.2. The number of aliphatic hydroxyl groups excluding tert-OH is 1. The summed E-state index contributed by atoms with van der Waals surface area (Å²) in [5, 5.41) is 18.3. The van der Waals surface area contributed by atoms with Crippen molar-refractivity contribution in [2.24, 2.45) is 17.8 Å². The summed E-state index contributed by atoms with van der Waals surface area (Å²) in [7, 11) is -3.56. The molecule has 0 amide bonds. The fourth-order valence-electron chi connectivity index (χ4n) is 4.16. The molecule has 1 saturated heterocycles. The fraction of sp³-hybridized carbons (Fsp3) is 0.923. The lowest BCUT2D eigenvalue weighted by molar-refractivity contribution is -0.141.